The highest BCUT2D eigenvalue weighted by atomic mass is 16.5. The molecule has 1 aliphatic rings. The van der Waals surface area contributed by atoms with E-state index >= 15 is 0 Å². The molecule has 1 saturated heterocycles. The van der Waals surface area contributed by atoms with Gasteiger partial charge in [0.2, 0.25) is 5.91 Å². The van der Waals surface area contributed by atoms with E-state index in [4.69, 9.17) is 9.84 Å². The van der Waals surface area contributed by atoms with Crippen molar-refractivity contribution in [1.29, 1.82) is 5.26 Å². The third kappa shape index (κ3) is 3.05. The number of nitrogens with one attached hydrogen (secondary N) is 1. The first-order valence-corrected chi connectivity index (χ1v) is 6.41. The molecule has 1 atom stereocenters. The van der Waals surface area contributed by atoms with Gasteiger partial charge in [-0.1, -0.05) is 0 Å². The van der Waals surface area contributed by atoms with Crippen LogP contribution >= 0.6 is 0 Å². The normalized spacial score (nSPS) is 17.8. The van der Waals surface area contributed by atoms with Gasteiger partial charge in [-0.25, -0.2) is 0 Å². The van der Waals surface area contributed by atoms with E-state index in [0.29, 0.717) is 30.1 Å². The van der Waals surface area contributed by atoms with E-state index in [-0.39, 0.29) is 12.3 Å². The monoisotopic (exact) mass is 289 g/mol. The molecule has 0 radical (unpaired) electrons. The SMILES string of the molecule is COc1ccc(C#N)c(N2CCNC(=O)C2CC(=O)O)c1. The Kier molecular flexibility index (Phi) is 4.28. The van der Waals surface area contributed by atoms with Crippen molar-refractivity contribution in [3.8, 4) is 11.8 Å². The second-order valence-electron chi connectivity index (χ2n) is 4.59. The average molecular weight is 289 g/mol. The van der Waals surface area contributed by atoms with Crippen LogP contribution in [0.1, 0.15) is 12.0 Å². The molecular formula is C14H15N3O4. The van der Waals surface area contributed by atoms with Gasteiger partial charge >= 0.3 is 5.97 Å². The van der Waals surface area contributed by atoms with Gasteiger partial charge in [0.05, 0.1) is 24.8 Å². The Bertz CT molecular complexity index is 609. The molecule has 1 fully saturated rings. The smallest absolute Gasteiger partial charge is 0.305 e. The summed E-state index contributed by atoms with van der Waals surface area (Å²) in [6.45, 7) is 0.836. The molecule has 7 heteroatoms. The molecule has 2 rings (SSSR count). The van der Waals surface area contributed by atoms with Gasteiger partial charge in [0.1, 0.15) is 17.9 Å². The molecule has 1 aromatic rings. The van der Waals surface area contributed by atoms with E-state index < -0.39 is 12.0 Å². The Balaban J connectivity index is 2.43. The standard InChI is InChI=1S/C14H15N3O4/c1-21-10-3-2-9(8-15)11(6-10)17-5-4-16-14(20)12(17)7-13(18)19/h2-3,6,12H,4-5,7H2,1H3,(H,16,20)(H,18,19). The van der Waals surface area contributed by atoms with Crippen LogP contribution in [-0.4, -0.2) is 43.2 Å². The Labute approximate surface area is 121 Å². The molecule has 0 saturated carbocycles. The minimum atomic E-state index is -1.07. The van der Waals surface area contributed by atoms with Crippen LogP contribution in [0, 0.1) is 11.3 Å². The van der Waals surface area contributed by atoms with Gasteiger partial charge in [-0.2, -0.15) is 5.26 Å². The lowest BCUT2D eigenvalue weighted by Gasteiger charge is -2.36. The zero-order valence-electron chi connectivity index (χ0n) is 11.5. The fourth-order valence-electron chi connectivity index (χ4n) is 2.34. The van der Waals surface area contributed by atoms with Crippen molar-refractivity contribution < 1.29 is 19.4 Å². The van der Waals surface area contributed by atoms with Crippen molar-refractivity contribution in [2.45, 2.75) is 12.5 Å². The summed E-state index contributed by atoms with van der Waals surface area (Å²) in [5.74, 6) is -0.872. The molecule has 1 aromatic carbocycles. The number of hydrogen-bond donors (Lipinski definition) is 2. The number of nitriles is 1. The molecule has 1 amide bonds. The number of ether oxygens (including phenoxy) is 1. The Morgan fingerprint density at radius 1 is 1.62 bits per heavy atom. The summed E-state index contributed by atoms with van der Waals surface area (Å²) in [5, 5.41) is 20.8. The highest BCUT2D eigenvalue weighted by Gasteiger charge is 2.33. The van der Waals surface area contributed by atoms with E-state index in [9.17, 15) is 14.9 Å². The minimum Gasteiger partial charge on any atom is -0.497 e. The summed E-state index contributed by atoms with van der Waals surface area (Å²) in [6, 6.07) is 6.11. The number of benzene rings is 1. The van der Waals surface area contributed by atoms with E-state index in [0.717, 1.165) is 0 Å². The van der Waals surface area contributed by atoms with Gasteiger partial charge < -0.3 is 20.1 Å². The quantitative estimate of drug-likeness (QED) is 0.829. The predicted molar refractivity (Wildman–Crippen MR) is 74.1 cm³/mol. The molecule has 7 nitrogen and oxygen atoms in total. The molecular weight excluding hydrogens is 274 g/mol. The van der Waals surface area contributed by atoms with Gasteiger partial charge in [-0.05, 0) is 12.1 Å². The number of nitrogens with zero attached hydrogens (tertiary/aromatic N) is 2. The zero-order chi connectivity index (χ0) is 15.4. The Morgan fingerprint density at radius 2 is 2.38 bits per heavy atom. The summed E-state index contributed by atoms with van der Waals surface area (Å²) in [7, 11) is 1.50. The Hall–Kier alpha value is -2.75. The van der Waals surface area contributed by atoms with Crippen LogP contribution in [0.2, 0.25) is 0 Å². The van der Waals surface area contributed by atoms with Crippen LogP contribution in [0.4, 0.5) is 5.69 Å². The van der Waals surface area contributed by atoms with Crippen molar-refractivity contribution in [2.24, 2.45) is 0 Å². The topological polar surface area (TPSA) is 103 Å². The Morgan fingerprint density at radius 3 is 3.00 bits per heavy atom. The third-order valence-corrected chi connectivity index (χ3v) is 3.33. The summed E-state index contributed by atoms with van der Waals surface area (Å²) in [4.78, 5) is 24.6. The summed E-state index contributed by atoms with van der Waals surface area (Å²) < 4.78 is 5.14. The van der Waals surface area contributed by atoms with Gasteiger partial charge in [-0.3, -0.25) is 9.59 Å². The van der Waals surface area contributed by atoms with Crippen molar-refractivity contribution in [1.82, 2.24) is 5.32 Å². The number of hydrogen-bond acceptors (Lipinski definition) is 5. The lowest BCUT2D eigenvalue weighted by molar-refractivity contribution is -0.139. The second-order valence-corrected chi connectivity index (χ2v) is 4.59. The van der Waals surface area contributed by atoms with Gasteiger partial charge in [0, 0.05) is 19.2 Å². The maximum absolute atomic E-state index is 11.9. The zero-order valence-corrected chi connectivity index (χ0v) is 11.5. The molecule has 0 spiro atoms. The highest BCUT2D eigenvalue weighted by molar-refractivity contribution is 5.90. The largest absolute Gasteiger partial charge is 0.497 e. The number of amides is 1. The lowest BCUT2D eigenvalue weighted by atomic mass is 10.0. The van der Waals surface area contributed by atoms with Gasteiger partial charge in [0.15, 0.2) is 0 Å². The van der Waals surface area contributed by atoms with E-state index in [1.807, 2.05) is 0 Å². The molecule has 1 aliphatic heterocycles. The van der Waals surface area contributed by atoms with Crippen molar-refractivity contribution in [2.75, 3.05) is 25.1 Å². The molecule has 1 unspecified atom stereocenters. The summed E-state index contributed by atoms with van der Waals surface area (Å²) >= 11 is 0. The number of carbonyl (C=O) groups is 2. The number of piperazine rings is 1. The van der Waals surface area contributed by atoms with Crippen molar-refractivity contribution >= 4 is 17.6 Å². The first kappa shape index (κ1) is 14.7. The van der Waals surface area contributed by atoms with Gasteiger partial charge in [0.25, 0.3) is 0 Å². The van der Waals surface area contributed by atoms with Crippen LogP contribution in [0.15, 0.2) is 18.2 Å². The van der Waals surface area contributed by atoms with Crippen LogP contribution in [0.3, 0.4) is 0 Å². The van der Waals surface area contributed by atoms with Gasteiger partial charge in [-0.15, -0.1) is 0 Å². The molecule has 0 aromatic heterocycles. The van der Waals surface area contributed by atoms with Crippen molar-refractivity contribution in [3.63, 3.8) is 0 Å². The number of methoxy groups -OCH3 is 1. The van der Waals surface area contributed by atoms with E-state index in [2.05, 4.69) is 11.4 Å². The fourth-order valence-corrected chi connectivity index (χ4v) is 2.34. The first-order valence-electron chi connectivity index (χ1n) is 6.41. The summed E-state index contributed by atoms with van der Waals surface area (Å²) in [5.41, 5.74) is 0.888. The number of carboxylic acids is 1. The fraction of sp³-hybridized carbons (Fsp3) is 0.357. The maximum atomic E-state index is 11.9. The van der Waals surface area contributed by atoms with Crippen LogP contribution in [0.5, 0.6) is 5.75 Å². The predicted octanol–water partition coefficient (Wildman–Crippen LogP) is 0.346. The van der Waals surface area contributed by atoms with Crippen molar-refractivity contribution in [3.05, 3.63) is 23.8 Å². The van der Waals surface area contributed by atoms with Crippen LogP contribution in [0.25, 0.3) is 0 Å². The second kappa shape index (κ2) is 6.13. The number of carbonyl (C=O) groups excluding carboxylic acids is 1. The highest BCUT2D eigenvalue weighted by Crippen LogP contribution is 2.28. The number of anilines is 1. The third-order valence-electron chi connectivity index (χ3n) is 3.33. The molecule has 0 aliphatic carbocycles. The molecule has 21 heavy (non-hydrogen) atoms. The molecule has 110 valence electrons. The van der Waals surface area contributed by atoms with E-state index in [1.165, 1.54) is 7.11 Å². The molecule has 1 heterocycles. The van der Waals surface area contributed by atoms with E-state index in [1.54, 1.807) is 23.1 Å². The number of aliphatic carboxylic acids is 1. The van der Waals surface area contributed by atoms with Crippen LogP contribution in [-0.2, 0) is 9.59 Å². The molecule has 2 N–H and O–H groups in total. The summed E-state index contributed by atoms with van der Waals surface area (Å²) in [6.07, 6.45) is -0.325. The first-order chi connectivity index (χ1) is 10.1. The minimum absolute atomic E-state index is 0.325. The lowest BCUT2D eigenvalue weighted by Crippen LogP contribution is -2.56. The number of rotatable bonds is 4. The average Bonchev–Trinajstić information content (AvgIpc) is 2.48. The number of carboxylic acid groups (broad SMARTS) is 1. The maximum Gasteiger partial charge on any atom is 0.305 e. The van der Waals surface area contributed by atoms with Crippen LogP contribution < -0.4 is 15.0 Å². The molecule has 0 bridgehead atoms.